The van der Waals surface area contributed by atoms with Crippen molar-refractivity contribution >= 4 is 7.92 Å². The molecule has 1 aromatic rings. The summed E-state index contributed by atoms with van der Waals surface area (Å²) in [5, 5.41) is 0. The van der Waals surface area contributed by atoms with E-state index in [0.29, 0.717) is 13.6 Å². The zero-order chi connectivity index (χ0) is 14.5. The molecule has 0 N–H and O–H groups in total. The van der Waals surface area contributed by atoms with Crippen LogP contribution in [0, 0.1) is 0 Å². The molecule has 0 atom stereocenters. The first-order valence-corrected chi connectivity index (χ1v) is 8.66. The Bertz CT molecular complexity index is 309. The molecular formula is C15H25O4P. The Hall–Kier alpha value is -0.510. The molecule has 0 aliphatic heterocycles. The Morgan fingerprint density at radius 3 is 1.90 bits per heavy atom. The maximum absolute atomic E-state index is 5.41. The molecule has 5 heteroatoms. The predicted molar refractivity (Wildman–Crippen MR) is 82.5 cm³/mol. The van der Waals surface area contributed by atoms with Gasteiger partial charge in [-0.2, -0.15) is 0 Å². The number of rotatable bonds is 12. The fourth-order valence-electron chi connectivity index (χ4n) is 1.78. The highest BCUT2D eigenvalue weighted by Gasteiger charge is 2.09. The van der Waals surface area contributed by atoms with Crippen LogP contribution in [0.25, 0.3) is 0 Å². The molecule has 0 amide bonds. The van der Waals surface area contributed by atoms with Crippen LogP contribution in [0.4, 0.5) is 0 Å². The van der Waals surface area contributed by atoms with Gasteiger partial charge in [0.05, 0.1) is 13.2 Å². The normalized spacial score (nSPS) is 11.2. The molecule has 0 saturated carbocycles. The van der Waals surface area contributed by atoms with Gasteiger partial charge in [-0.15, -0.1) is 0 Å². The largest absolute Gasteiger partial charge is 0.359 e. The summed E-state index contributed by atoms with van der Waals surface area (Å²) in [6.45, 7) is 2.23. The summed E-state index contributed by atoms with van der Waals surface area (Å²) in [6, 6.07) is 10.6. The van der Waals surface area contributed by atoms with Gasteiger partial charge in [0.25, 0.3) is 0 Å². The topological polar surface area (TPSA) is 36.9 Å². The quantitative estimate of drug-likeness (QED) is 0.338. The molecule has 1 aromatic carbocycles. The lowest BCUT2D eigenvalue weighted by Crippen LogP contribution is -2.08. The zero-order valence-corrected chi connectivity index (χ0v) is 13.3. The van der Waals surface area contributed by atoms with Crippen molar-refractivity contribution in [2.75, 3.05) is 53.3 Å². The molecule has 20 heavy (non-hydrogen) atoms. The molecule has 0 radical (unpaired) electrons. The van der Waals surface area contributed by atoms with E-state index in [1.54, 1.807) is 14.2 Å². The van der Waals surface area contributed by atoms with Gasteiger partial charge in [-0.1, -0.05) is 38.3 Å². The van der Waals surface area contributed by atoms with Gasteiger partial charge in [-0.05, 0) is 24.0 Å². The molecule has 0 aromatic heterocycles. The summed E-state index contributed by atoms with van der Waals surface area (Å²) in [7, 11) is 3.16. The third-order valence-corrected chi connectivity index (χ3v) is 5.20. The van der Waals surface area contributed by atoms with Gasteiger partial charge in [0, 0.05) is 14.2 Å². The van der Waals surface area contributed by atoms with Crippen molar-refractivity contribution < 1.29 is 18.9 Å². The van der Waals surface area contributed by atoms with E-state index >= 15 is 0 Å². The Labute approximate surface area is 123 Å². The zero-order valence-electron chi connectivity index (χ0n) is 12.4. The highest BCUT2D eigenvalue weighted by atomic mass is 31.1. The Kier molecular flexibility index (Phi) is 10.7. The number of hydrogen-bond acceptors (Lipinski definition) is 4. The van der Waals surface area contributed by atoms with E-state index in [1.807, 2.05) is 0 Å². The lowest BCUT2D eigenvalue weighted by molar-refractivity contribution is -0.0254. The summed E-state index contributed by atoms with van der Waals surface area (Å²) < 4.78 is 20.6. The average molecular weight is 300 g/mol. The summed E-state index contributed by atoms with van der Waals surface area (Å²) in [4.78, 5) is 0. The molecule has 0 fully saturated rings. The second-order valence-corrected chi connectivity index (χ2v) is 6.94. The van der Waals surface area contributed by atoms with E-state index in [4.69, 9.17) is 18.9 Å². The van der Waals surface area contributed by atoms with Crippen molar-refractivity contribution in [3.8, 4) is 0 Å². The van der Waals surface area contributed by atoms with Crippen molar-refractivity contribution in [2.45, 2.75) is 6.16 Å². The summed E-state index contributed by atoms with van der Waals surface area (Å²) in [5.41, 5.74) is 1.39. The van der Waals surface area contributed by atoms with Crippen LogP contribution in [0.2, 0.25) is 0 Å². The molecule has 0 aliphatic rings. The van der Waals surface area contributed by atoms with Crippen LogP contribution in [-0.4, -0.2) is 53.3 Å². The van der Waals surface area contributed by atoms with E-state index in [-0.39, 0.29) is 7.92 Å². The van der Waals surface area contributed by atoms with Gasteiger partial charge in [0.1, 0.15) is 13.6 Å². The van der Waals surface area contributed by atoms with Crippen molar-refractivity contribution in [3.63, 3.8) is 0 Å². The van der Waals surface area contributed by atoms with Gasteiger partial charge in [-0.25, -0.2) is 0 Å². The van der Waals surface area contributed by atoms with E-state index in [1.165, 1.54) is 5.56 Å². The lowest BCUT2D eigenvalue weighted by Gasteiger charge is -2.18. The van der Waals surface area contributed by atoms with Gasteiger partial charge < -0.3 is 18.9 Å². The third-order valence-electron chi connectivity index (χ3n) is 2.76. The maximum Gasteiger partial charge on any atom is 0.146 e. The number of benzene rings is 1. The highest BCUT2D eigenvalue weighted by Crippen LogP contribution is 2.39. The monoisotopic (exact) mass is 300 g/mol. The molecule has 114 valence electrons. The second kappa shape index (κ2) is 12.2. The first-order valence-electron chi connectivity index (χ1n) is 6.76. The average Bonchev–Trinajstić information content (AvgIpc) is 2.49. The predicted octanol–water partition coefficient (Wildman–Crippen LogP) is 2.91. The van der Waals surface area contributed by atoms with E-state index in [2.05, 4.69) is 30.3 Å². The number of methoxy groups -OCH3 is 2. The third kappa shape index (κ3) is 8.62. The molecule has 4 nitrogen and oxygen atoms in total. The van der Waals surface area contributed by atoms with Gasteiger partial charge in [0.2, 0.25) is 0 Å². The Morgan fingerprint density at radius 1 is 0.850 bits per heavy atom. The smallest absolute Gasteiger partial charge is 0.146 e. The molecule has 1 rings (SSSR count). The fraction of sp³-hybridized carbons (Fsp3) is 0.600. The first kappa shape index (κ1) is 17.5. The molecule has 0 bridgehead atoms. The van der Waals surface area contributed by atoms with Crippen molar-refractivity contribution in [2.24, 2.45) is 0 Å². The molecule has 0 heterocycles. The van der Waals surface area contributed by atoms with Crippen LogP contribution in [0.3, 0.4) is 0 Å². The van der Waals surface area contributed by atoms with E-state index < -0.39 is 0 Å². The number of ether oxygens (including phenoxy) is 4. The second-order valence-electron chi connectivity index (χ2n) is 4.39. The Balaban J connectivity index is 2.33. The summed E-state index contributed by atoms with van der Waals surface area (Å²) in [6.07, 6.45) is 3.26. The van der Waals surface area contributed by atoms with Gasteiger partial charge in [0.15, 0.2) is 0 Å². The van der Waals surface area contributed by atoms with Crippen molar-refractivity contribution in [3.05, 3.63) is 35.9 Å². The van der Waals surface area contributed by atoms with Crippen molar-refractivity contribution in [1.82, 2.24) is 0 Å². The van der Waals surface area contributed by atoms with Crippen LogP contribution < -0.4 is 0 Å². The van der Waals surface area contributed by atoms with Gasteiger partial charge in [-0.3, -0.25) is 0 Å². The highest BCUT2D eigenvalue weighted by molar-refractivity contribution is 7.56. The lowest BCUT2D eigenvalue weighted by atomic mass is 10.2. The minimum atomic E-state index is -0.131. The molecule has 0 unspecified atom stereocenters. The number of hydrogen-bond donors (Lipinski definition) is 0. The molecule has 0 saturated heterocycles. The maximum atomic E-state index is 5.41. The van der Waals surface area contributed by atoms with E-state index in [9.17, 15) is 0 Å². The van der Waals surface area contributed by atoms with Crippen LogP contribution in [0.15, 0.2) is 30.3 Å². The molecular weight excluding hydrogens is 275 g/mol. The van der Waals surface area contributed by atoms with E-state index in [0.717, 1.165) is 31.7 Å². The van der Waals surface area contributed by atoms with Crippen LogP contribution in [0.5, 0.6) is 0 Å². The minimum absolute atomic E-state index is 0.131. The van der Waals surface area contributed by atoms with Crippen molar-refractivity contribution in [1.29, 1.82) is 0 Å². The van der Waals surface area contributed by atoms with Gasteiger partial charge >= 0.3 is 0 Å². The summed E-state index contributed by atoms with van der Waals surface area (Å²) >= 11 is 0. The summed E-state index contributed by atoms with van der Waals surface area (Å²) in [5.74, 6) is 0. The van der Waals surface area contributed by atoms with Crippen LogP contribution in [0.1, 0.15) is 5.56 Å². The minimum Gasteiger partial charge on any atom is -0.359 e. The fourth-order valence-corrected chi connectivity index (χ4v) is 3.82. The standard InChI is InChI=1S/C15H25O4P/c1-16-13-18-8-10-20(11-9-19-14-17-2)12-15-6-4-3-5-7-15/h3-7H,8-14H2,1-2H3. The first-order chi connectivity index (χ1) is 9.86. The molecule has 0 spiro atoms. The van der Waals surface area contributed by atoms with Crippen LogP contribution in [-0.2, 0) is 25.1 Å². The SMILES string of the molecule is COCOCCP(CCOCOC)Cc1ccccc1. The Morgan fingerprint density at radius 2 is 1.40 bits per heavy atom. The van der Waals surface area contributed by atoms with Crippen LogP contribution >= 0.6 is 7.92 Å². The molecule has 0 aliphatic carbocycles.